The number of halogens is 2. The first kappa shape index (κ1) is 18.0. The van der Waals surface area contributed by atoms with Crippen LogP contribution in [0.25, 0.3) is 0 Å². The molecule has 2 aromatic carbocycles. The molecular formula is C20H13F2N7O. The van der Waals surface area contributed by atoms with Crippen molar-refractivity contribution in [2.75, 3.05) is 6.61 Å². The second-order valence-corrected chi connectivity index (χ2v) is 6.23. The van der Waals surface area contributed by atoms with Gasteiger partial charge in [-0.3, -0.25) is 0 Å². The second-order valence-electron chi connectivity index (χ2n) is 6.23. The maximum atomic E-state index is 14.4. The maximum Gasteiger partial charge on any atom is 0.323 e. The van der Waals surface area contributed by atoms with Crippen LogP contribution in [0, 0.1) is 11.6 Å². The highest BCUT2D eigenvalue weighted by Gasteiger charge is 2.36. The fourth-order valence-electron chi connectivity index (χ4n) is 2.99. The zero-order chi connectivity index (χ0) is 20.7. The summed E-state index contributed by atoms with van der Waals surface area (Å²) >= 11 is 0. The molecule has 0 N–H and O–H groups in total. The van der Waals surface area contributed by atoms with Crippen molar-refractivity contribution >= 4 is 35.6 Å². The summed E-state index contributed by atoms with van der Waals surface area (Å²) in [6.45, 7) is 2.10. The van der Waals surface area contributed by atoms with Gasteiger partial charge < -0.3 is 4.74 Å². The number of hydrogen-bond acceptors (Lipinski definition) is 8. The Morgan fingerprint density at radius 1 is 0.700 bits per heavy atom. The Balaban J connectivity index is 1.70. The molecule has 0 radical (unpaired) electrons. The van der Waals surface area contributed by atoms with Gasteiger partial charge in [0.15, 0.2) is 11.7 Å². The molecule has 0 aliphatic carbocycles. The third-order valence-corrected chi connectivity index (χ3v) is 4.32. The van der Waals surface area contributed by atoms with Crippen LogP contribution >= 0.6 is 0 Å². The van der Waals surface area contributed by atoms with E-state index in [0.29, 0.717) is 6.61 Å². The van der Waals surface area contributed by atoms with Crippen LogP contribution in [0.5, 0.6) is 0 Å². The number of rotatable bonds is 3. The first-order valence-corrected chi connectivity index (χ1v) is 9.09. The van der Waals surface area contributed by atoms with E-state index < -0.39 is 11.6 Å². The van der Waals surface area contributed by atoms with E-state index >= 15 is 0 Å². The lowest BCUT2D eigenvalue weighted by molar-refractivity contribution is 0.321. The Bertz CT molecular complexity index is 1200. The summed E-state index contributed by atoms with van der Waals surface area (Å²) in [6.07, 6.45) is 0. The lowest BCUT2D eigenvalue weighted by Crippen LogP contribution is -2.48. The summed E-state index contributed by atoms with van der Waals surface area (Å²) in [4.78, 5) is 27.3. The molecule has 0 saturated carbocycles. The first-order chi connectivity index (χ1) is 14.6. The predicted octanol–water partition coefficient (Wildman–Crippen LogP) is 2.96. The molecule has 30 heavy (non-hydrogen) atoms. The summed E-state index contributed by atoms with van der Waals surface area (Å²) in [5, 5.41) is 0. The number of ether oxygens (including phenoxy) is 1. The number of aliphatic imine (C=N–C) groups is 6. The molecule has 3 aliphatic heterocycles. The lowest BCUT2D eigenvalue weighted by atomic mass is 10.2. The number of hydrogen-bond donors (Lipinski definition) is 0. The average Bonchev–Trinajstić information content (AvgIpc) is 2.74. The summed E-state index contributed by atoms with van der Waals surface area (Å²) < 4.78 is 34.1. The molecule has 10 heteroatoms. The maximum absolute atomic E-state index is 14.4. The Morgan fingerprint density at radius 2 is 1.20 bits per heavy atom. The van der Waals surface area contributed by atoms with Gasteiger partial charge in [-0.25, -0.2) is 13.7 Å². The van der Waals surface area contributed by atoms with Crippen molar-refractivity contribution in [1.82, 2.24) is 4.90 Å². The Kier molecular flexibility index (Phi) is 4.24. The van der Waals surface area contributed by atoms with Gasteiger partial charge in [-0.05, 0) is 31.2 Å². The first-order valence-electron chi connectivity index (χ1n) is 9.09. The zero-order valence-electron chi connectivity index (χ0n) is 15.6. The van der Waals surface area contributed by atoms with Crippen molar-refractivity contribution in [3.63, 3.8) is 0 Å². The molecule has 5 rings (SSSR count). The van der Waals surface area contributed by atoms with Gasteiger partial charge >= 0.3 is 6.02 Å². The van der Waals surface area contributed by atoms with E-state index in [1.807, 2.05) is 0 Å². The number of nitrogens with zero attached hydrogens (tertiary/aromatic N) is 7. The van der Waals surface area contributed by atoms with Crippen LogP contribution in [0.3, 0.4) is 0 Å². The van der Waals surface area contributed by atoms with Gasteiger partial charge in [-0.2, -0.15) is 30.0 Å². The van der Waals surface area contributed by atoms with Crippen LogP contribution in [0.1, 0.15) is 18.1 Å². The SMILES string of the molecule is CCOC1=NC2=NC(c3ccccc3F)=NC3=NC(c4ccccc4F)=NC(=N1)N23. The number of amidine groups is 3. The van der Waals surface area contributed by atoms with Crippen molar-refractivity contribution in [2.45, 2.75) is 6.92 Å². The van der Waals surface area contributed by atoms with E-state index in [1.165, 1.54) is 17.0 Å². The third kappa shape index (κ3) is 2.98. The molecule has 2 aromatic rings. The minimum atomic E-state index is -0.493. The standard InChI is InChI=1S/C20H13F2N7O/c1-2-30-20-27-18-25-15(11-7-3-5-9-13(11)21)23-17-24-16(26-19(28-20)29(17)18)12-8-4-6-10-14(12)22/h3-10H,2H2,1H3. The Morgan fingerprint density at radius 3 is 1.73 bits per heavy atom. The van der Waals surface area contributed by atoms with E-state index in [4.69, 9.17) is 4.74 Å². The van der Waals surface area contributed by atoms with Crippen molar-refractivity contribution in [3.8, 4) is 0 Å². The normalized spacial score (nSPS) is 17.1. The minimum absolute atomic E-state index is 0.0372. The van der Waals surface area contributed by atoms with Gasteiger partial charge in [0.25, 0.3) is 0 Å². The van der Waals surface area contributed by atoms with Crippen molar-refractivity contribution in [1.29, 1.82) is 0 Å². The quantitative estimate of drug-likeness (QED) is 0.786. The Hall–Kier alpha value is -4.08. The minimum Gasteiger partial charge on any atom is -0.464 e. The molecule has 148 valence electrons. The molecule has 3 heterocycles. The van der Waals surface area contributed by atoms with Gasteiger partial charge in [0.05, 0.1) is 17.7 Å². The van der Waals surface area contributed by atoms with Crippen LogP contribution in [0.2, 0.25) is 0 Å². The van der Waals surface area contributed by atoms with Crippen LogP contribution in [-0.4, -0.2) is 47.1 Å². The third-order valence-electron chi connectivity index (χ3n) is 4.32. The lowest BCUT2D eigenvalue weighted by Gasteiger charge is -2.30. The summed E-state index contributed by atoms with van der Waals surface area (Å²) in [6, 6.07) is 12.2. The highest BCUT2D eigenvalue weighted by molar-refractivity contribution is 6.32. The van der Waals surface area contributed by atoms with Gasteiger partial charge in [0.1, 0.15) is 11.6 Å². The topological polar surface area (TPSA) is 86.6 Å². The van der Waals surface area contributed by atoms with Gasteiger partial charge in [0.2, 0.25) is 17.9 Å². The van der Waals surface area contributed by atoms with Crippen LogP contribution in [0.4, 0.5) is 8.78 Å². The van der Waals surface area contributed by atoms with Gasteiger partial charge in [0, 0.05) is 0 Å². The van der Waals surface area contributed by atoms with E-state index in [2.05, 4.69) is 30.0 Å². The summed E-state index contributed by atoms with van der Waals surface area (Å²) in [5.74, 6) is -0.468. The number of guanidine groups is 3. The van der Waals surface area contributed by atoms with Crippen molar-refractivity contribution < 1.29 is 13.5 Å². The van der Waals surface area contributed by atoms with Crippen LogP contribution < -0.4 is 0 Å². The van der Waals surface area contributed by atoms with Gasteiger partial charge in [-0.1, -0.05) is 24.3 Å². The molecule has 0 amide bonds. The molecule has 0 fully saturated rings. The highest BCUT2D eigenvalue weighted by Crippen LogP contribution is 2.22. The highest BCUT2D eigenvalue weighted by atomic mass is 19.1. The predicted molar refractivity (Wildman–Crippen MR) is 109 cm³/mol. The van der Waals surface area contributed by atoms with Crippen LogP contribution in [0.15, 0.2) is 78.5 Å². The summed E-state index contributed by atoms with van der Waals surface area (Å²) in [7, 11) is 0. The summed E-state index contributed by atoms with van der Waals surface area (Å²) in [5.41, 5.74) is 0.360. The van der Waals surface area contributed by atoms with E-state index in [9.17, 15) is 8.78 Å². The smallest absolute Gasteiger partial charge is 0.323 e. The molecule has 8 nitrogen and oxygen atoms in total. The van der Waals surface area contributed by atoms with E-state index in [-0.39, 0.29) is 46.7 Å². The molecule has 0 spiro atoms. The monoisotopic (exact) mass is 405 g/mol. The molecule has 3 aliphatic rings. The fraction of sp³-hybridized carbons (Fsp3) is 0.100. The average molecular weight is 405 g/mol. The molecule has 0 unspecified atom stereocenters. The van der Waals surface area contributed by atoms with Crippen molar-refractivity contribution in [3.05, 3.63) is 71.3 Å². The Labute approximate surface area is 169 Å². The zero-order valence-corrected chi connectivity index (χ0v) is 15.6. The second kappa shape index (κ2) is 7.07. The molecular weight excluding hydrogens is 392 g/mol. The van der Waals surface area contributed by atoms with E-state index in [0.717, 1.165) is 0 Å². The van der Waals surface area contributed by atoms with E-state index in [1.54, 1.807) is 43.3 Å². The van der Waals surface area contributed by atoms with Crippen LogP contribution in [-0.2, 0) is 4.74 Å². The van der Waals surface area contributed by atoms with Gasteiger partial charge in [-0.15, -0.1) is 0 Å². The molecule has 0 atom stereocenters. The largest absolute Gasteiger partial charge is 0.464 e. The molecule has 0 bridgehead atoms. The van der Waals surface area contributed by atoms with Crippen molar-refractivity contribution in [2.24, 2.45) is 30.0 Å². The number of benzene rings is 2. The fourth-order valence-corrected chi connectivity index (χ4v) is 2.99. The molecule has 0 aromatic heterocycles. The molecule has 0 saturated heterocycles.